The molecule has 0 radical (unpaired) electrons. The van der Waals surface area contributed by atoms with E-state index in [1.807, 2.05) is 13.8 Å². The quantitative estimate of drug-likeness (QED) is 0.643. The predicted molar refractivity (Wildman–Crippen MR) is 43.4 cm³/mol. The maximum Gasteiger partial charge on any atom is 0.279 e. The zero-order valence-electron chi connectivity index (χ0n) is 7.03. The summed E-state index contributed by atoms with van der Waals surface area (Å²) in [7, 11) is -1.74. The number of hydrogen-bond acceptors (Lipinski definition) is 2. The summed E-state index contributed by atoms with van der Waals surface area (Å²) in [5, 5.41) is 0. The Hall–Kier alpha value is -0.130. The van der Waals surface area contributed by atoms with Crippen LogP contribution in [0.5, 0.6) is 0 Å². The molecule has 0 amide bonds. The second-order valence-electron chi connectivity index (χ2n) is 2.97. The van der Waals surface area contributed by atoms with E-state index in [2.05, 4.69) is 4.72 Å². The van der Waals surface area contributed by atoms with Gasteiger partial charge < -0.3 is 0 Å². The normalized spacial score (nSPS) is 33.4. The van der Waals surface area contributed by atoms with Crippen molar-refractivity contribution < 1.29 is 8.42 Å². The van der Waals surface area contributed by atoms with Crippen molar-refractivity contribution in [3.8, 4) is 0 Å². The molecule has 0 aromatic heterocycles. The number of rotatable bonds is 2. The molecule has 1 N–H and O–H groups in total. The molecule has 1 rings (SSSR count). The fourth-order valence-electron chi connectivity index (χ4n) is 1.58. The number of nitrogens with one attached hydrogen (secondary N) is 1. The summed E-state index contributed by atoms with van der Waals surface area (Å²) in [5.41, 5.74) is 0. The van der Waals surface area contributed by atoms with Crippen molar-refractivity contribution in [2.75, 3.05) is 7.05 Å². The summed E-state index contributed by atoms with van der Waals surface area (Å²) >= 11 is 0. The SMILES string of the molecule is CNS(=O)(=O)N1C(C)CC1C. The Labute approximate surface area is 67.8 Å². The highest BCUT2D eigenvalue weighted by Crippen LogP contribution is 2.27. The van der Waals surface area contributed by atoms with E-state index in [4.69, 9.17) is 0 Å². The van der Waals surface area contributed by atoms with Gasteiger partial charge in [0.2, 0.25) is 0 Å². The Morgan fingerprint density at radius 3 is 2.00 bits per heavy atom. The van der Waals surface area contributed by atoms with Gasteiger partial charge in [0, 0.05) is 19.1 Å². The van der Waals surface area contributed by atoms with Gasteiger partial charge in [0.1, 0.15) is 0 Å². The molecule has 1 heterocycles. The van der Waals surface area contributed by atoms with Crippen molar-refractivity contribution >= 4 is 10.2 Å². The van der Waals surface area contributed by atoms with Gasteiger partial charge in [-0.25, -0.2) is 4.72 Å². The van der Waals surface area contributed by atoms with Crippen LogP contribution in [0.15, 0.2) is 0 Å². The Morgan fingerprint density at radius 1 is 1.36 bits per heavy atom. The smallest absolute Gasteiger partial charge is 0.205 e. The van der Waals surface area contributed by atoms with Crippen LogP contribution in [0.1, 0.15) is 20.3 Å². The minimum Gasteiger partial charge on any atom is -0.205 e. The second kappa shape index (κ2) is 2.73. The van der Waals surface area contributed by atoms with Gasteiger partial charge in [-0.1, -0.05) is 0 Å². The van der Waals surface area contributed by atoms with Crippen LogP contribution < -0.4 is 4.72 Å². The zero-order valence-corrected chi connectivity index (χ0v) is 7.85. The van der Waals surface area contributed by atoms with Crippen LogP contribution >= 0.6 is 0 Å². The maximum atomic E-state index is 11.2. The van der Waals surface area contributed by atoms with Crippen molar-refractivity contribution in [3.05, 3.63) is 0 Å². The lowest BCUT2D eigenvalue weighted by molar-refractivity contribution is 0.137. The van der Waals surface area contributed by atoms with Crippen molar-refractivity contribution in [2.24, 2.45) is 0 Å². The Kier molecular flexibility index (Phi) is 2.22. The average Bonchev–Trinajstić information content (AvgIpc) is 1.86. The standard InChI is InChI=1S/C6H14N2O2S/c1-5-4-6(2)8(5)11(9,10)7-3/h5-7H,4H2,1-3H3. The van der Waals surface area contributed by atoms with Gasteiger partial charge in [-0.05, 0) is 20.3 Å². The molecule has 2 unspecified atom stereocenters. The zero-order chi connectivity index (χ0) is 8.65. The first kappa shape index (κ1) is 8.96. The van der Waals surface area contributed by atoms with Gasteiger partial charge in [0.05, 0.1) is 0 Å². The van der Waals surface area contributed by atoms with Crippen molar-refractivity contribution in [1.29, 1.82) is 0 Å². The van der Waals surface area contributed by atoms with Gasteiger partial charge >= 0.3 is 0 Å². The maximum absolute atomic E-state index is 11.2. The fourth-order valence-corrected chi connectivity index (χ4v) is 2.91. The van der Waals surface area contributed by atoms with E-state index in [9.17, 15) is 8.42 Å². The molecule has 2 atom stereocenters. The van der Waals surface area contributed by atoms with Crippen molar-refractivity contribution in [1.82, 2.24) is 9.03 Å². The highest BCUT2D eigenvalue weighted by molar-refractivity contribution is 7.87. The summed E-state index contributed by atoms with van der Waals surface area (Å²) in [6.07, 6.45) is 0.959. The summed E-state index contributed by atoms with van der Waals surface area (Å²) in [6.45, 7) is 3.82. The number of hydrogen-bond donors (Lipinski definition) is 1. The van der Waals surface area contributed by atoms with Crippen molar-refractivity contribution in [3.63, 3.8) is 0 Å². The Balaban J connectivity index is 2.75. The molecular weight excluding hydrogens is 164 g/mol. The molecule has 11 heavy (non-hydrogen) atoms. The minimum atomic E-state index is -3.18. The van der Waals surface area contributed by atoms with E-state index < -0.39 is 10.2 Å². The molecule has 0 aliphatic carbocycles. The largest absolute Gasteiger partial charge is 0.279 e. The van der Waals surface area contributed by atoms with Crippen LogP contribution in [-0.4, -0.2) is 31.9 Å². The van der Waals surface area contributed by atoms with Crippen molar-refractivity contribution in [2.45, 2.75) is 32.4 Å². The molecule has 1 saturated heterocycles. The van der Waals surface area contributed by atoms with Gasteiger partial charge in [0.15, 0.2) is 0 Å². The van der Waals surface area contributed by atoms with Gasteiger partial charge in [-0.2, -0.15) is 12.7 Å². The molecule has 1 fully saturated rings. The van der Waals surface area contributed by atoms with E-state index >= 15 is 0 Å². The van der Waals surface area contributed by atoms with Crippen LogP contribution in [0.2, 0.25) is 0 Å². The number of nitrogens with zero attached hydrogens (tertiary/aromatic N) is 1. The third kappa shape index (κ3) is 1.40. The average molecular weight is 178 g/mol. The van der Waals surface area contributed by atoms with Crippen LogP contribution in [0.3, 0.4) is 0 Å². The lowest BCUT2D eigenvalue weighted by atomic mass is 10.0. The molecule has 0 aromatic carbocycles. The topological polar surface area (TPSA) is 49.4 Å². The Bertz CT molecular complexity index is 229. The molecule has 0 aromatic rings. The molecule has 5 heteroatoms. The molecule has 66 valence electrons. The van der Waals surface area contributed by atoms with Gasteiger partial charge in [0.25, 0.3) is 10.2 Å². The predicted octanol–water partition coefficient (Wildman–Crippen LogP) is -0.0667. The third-order valence-electron chi connectivity index (χ3n) is 2.09. The molecule has 1 aliphatic heterocycles. The van der Waals surface area contributed by atoms with Gasteiger partial charge in [-0.3, -0.25) is 0 Å². The van der Waals surface area contributed by atoms with Crippen LogP contribution in [-0.2, 0) is 10.2 Å². The second-order valence-corrected chi connectivity index (χ2v) is 4.75. The van der Waals surface area contributed by atoms with E-state index in [1.54, 1.807) is 0 Å². The summed E-state index contributed by atoms with van der Waals surface area (Å²) in [6, 6.07) is 0.310. The molecular formula is C6H14N2O2S. The first-order valence-electron chi connectivity index (χ1n) is 3.71. The van der Waals surface area contributed by atoms with E-state index in [-0.39, 0.29) is 12.1 Å². The minimum absolute atomic E-state index is 0.155. The summed E-state index contributed by atoms with van der Waals surface area (Å²) < 4.78 is 26.2. The molecule has 0 bridgehead atoms. The molecule has 0 saturated carbocycles. The molecule has 4 nitrogen and oxygen atoms in total. The van der Waals surface area contributed by atoms with Crippen LogP contribution in [0.25, 0.3) is 0 Å². The van der Waals surface area contributed by atoms with E-state index in [1.165, 1.54) is 11.4 Å². The Morgan fingerprint density at radius 2 is 1.82 bits per heavy atom. The third-order valence-corrected chi connectivity index (χ3v) is 3.88. The molecule has 1 aliphatic rings. The first-order valence-corrected chi connectivity index (χ1v) is 5.15. The van der Waals surface area contributed by atoms with Crippen LogP contribution in [0, 0.1) is 0 Å². The summed E-state index contributed by atoms with van der Waals surface area (Å²) in [4.78, 5) is 0. The van der Waals surface area contributed by atoms with Gasteiger partial charge in [-0.15, -0.1) is 0 Å². The lowest BCUT2D eigenvalue weighted by Crippen LogP contribution is -2.58. The highest BCUT2D eigenvalue weighted by Gasteiger charge is 2.39. The lowest BCUT2D eigenvalue weighted by Gasteiger charge is -2.43. The monoisotopic (exact) mass is 178 g/mol. The highest BCUT2D eigenvalue weighted by atomic mass is 32.2. The van der Waals surface area contributed by atoms with Crippen LogP contribution in [0.4, 0.5) is 0 Å². The molecule has 0 spiro atoms. The van der Waals surface area contributed by atoms with E-state index in [0.29, 0.717) is 0 Å². The summed E-state index contributed by atoms with van der Waals surface area (Å²) in [5.74, 6) is 0. The van der Waals surface area contributed by atoms with E-state index in [0.717, 1.165) is 6.42 Å². The fraction of sp³-hybridized carbons (Fsp3) is 1.00. The first-order chi connectivity index (χ1) is 4.99.